The number of hydrogen-bond acceptors (Lipinski definition) is 5. The molecule has 1 aromatic heterocycles. The zero-order valence-electron chi connectivity index (χ0n) is 8.60. The van der Waals surface area contributed by atoms with Gasteiger partial charge in [-0.25, -0.2) is 4.79 Å². The van der Waals surface area contributed by atoms with E-state index in [1.807, 2.05) is 0 Å². The maximum Gasteiger partial charge on any atom is 0.332 e. The van der Waals surface area contributed by atoms with Gasteiger partial charge < -0.3 is 19.1 Å². The van der Waals surface area contributed by atoms with E-state index in [-0.39, 0.29) is 6.61 Å². The first-order chi connectivity index (χ1) is 7.13. The fourth-order valence-electron chi connectivity index (χ4n) is 0.916. The van der Waals surface area contributed by atoms with Crippen LogP contribution >= 0.6 is 0 Å². The molecule has 15 heavy (non-hydrogen) atoms. The summed E-state index contributed by atoms with van der Waals surface area (Å²) in [5.74, 6) is -0.422. The lowest BCUT2D eigenvalue weighted by Gasteiger charge is -2.05. The Morgan fingerprint density at radius 1 is 1.67 bits per heavy atom. The van der Waals surface area contributed by atoms with Gasteiger partial charge in [0.25, 0.3) is 0 Å². The van der Waals surface area contributed by atoms with E-state index >= 15 is 0 Å². The quantitative estimate of drug-likeness (QED) is 0.756. The smallest absolute Gasteiger partial charge is 0.332 e. The molecule has 0 saturated carbocycles. The van der Waals surface area contributed by atoms with Crippen molar-refractivity contribution in [2.24, 2.45) is 0 Å². The van der Waals surface area contributed by atoms with Crippen LogP contribution in [0.15, 0.2) is 10.6 Å². The molecular formula is C9H13NO5. The second kappa shape index (κ2) is 5.47. The Bertz CT molecular complexity index is 322. The van der Waals surface area contributed by atoms with Crippen LogP contribution in [0.2, 0.25) is 0 Å². The van der Waals surface area contributed by atoms with Crippen molar-refractivity contribution in [1.29, 1.82) is 0 Å². The van der Waals surface area contributed by atoms with Gasteiger partial charge in [0, 0.05) is 13.2 Å². The molecule has 0 fully saturated rings. The molecule has 0 amide bonds. The number of aliphatic carboxylic acids is 1. The number of aromatic nitrogens is 1. The molecule has 1 N–H and O–H groups in total. The maximum absolute atomic E-state index is 10.4. The van der Waals surface area contributed by atoms with Gasteiger partial charge >= 0.3 is 5.97 Å². The number of carboxylic acids is 1. The van der Waals surface area contributed by atoms with Gasteiger partial charge in [-0.3, -0.25) is 0 Å². The van der Waals surface area contributed by atoms with Gasteiger partial charge in [-0.2, -0.15) is 0 Å². The zero-order chi connectivity index (χ0) is 11.3. The Morgan fingerprint density at radius 3 is 3.00 bits per heavy atom. The van der Waals surface area contributed by atoms with Crippen LogP contribution in [0.4, 0.5) is 0 Å². The first-order valence-electron chi connectivity index (χ1n) is 4.41. The summed E-state index contributed by atoms with van der Waals surface area (Å²) in [5.41, 5.74) is 0.551. The molecule has 0 spiro atoms. The first kappa shape index (κ1) is 11.7. The predicted molar refractivity (Wildman–Crippen MR) is 49.1 cm³/mol. The monoisotopic (exact) mass is 215 g/mol. The second-order valence-corrected chi connectivity index (χ2v) is 3.01. The molecule has 0 aliphatic heterocycles. The summed E-state index contributed by atoms with van der Waals surface area (Å²) in [7, 11) is 1.55. The molecule has 0 aromatic carbocycles. The number of nitrogens with zero attached hydrogens (tertiary/aromatic N) is 1. The fourth-order valence-corrected chi connectivity index (χ4v) is 0.916. The molecule has 0 unspecified atom stereocenters. The van der Waals surface area contributed by atoms with Crippen LogP contribution in [0.25, 0.3) is 0 Å². The first-order valence-corrected chi connectivity index (χ1v) is 4.41. The molecule has 0 bridgehead atoms. The number of hydrogen-bond donors (Lipinski definition) is 1. The van der Waals surface area contributed by atoms with Crippen molar-refractivity contribution in [3.8, 4) is 0 Å². The van der Waals surface area contributed by atoms with E-state index in [0.29, 0.717) is 18.1 Å². The molecule has 6 heteroatoms. The number of methoxy groups -OCH3 is 1. The van der Waals surface area contributed by atoms with Crippen molar-refractivity contribution in [3.63, 3.8) is 0 Å². The lowest BCUT2D eigenvalue weighted by atomic mass is 10.3. The fraction of sp³-hybridized carbons (Fsp3) is 0.556. The Hall–Kier alpha value is -1.40. The Morgan fingerprint density at radius 2 is 2.40 bits per heavy atom. The van der Waals surface area contributed by atoms with E-state index < -0.39 is 12.1 Å². The normalized spacial score (nSPS) is 12.7. The number of ether oxygens (including phenoxy) is 2. The summed E-state index contributed by atoms with van der Waals surface area (Å²) in [4.78, 5) is 10.4. The minimum atomic E-state index is -1.00. The highest BCUT2D eigenvalue weighted by Crippen LogP contribution is 2.07. The molecule has 1 atom stereocenters. The summed E-state index contributed by atoms with van der Waals surface area (Å²) >= 11 is 0. The molecule has 6 nitrogen and oxygen atoms in total. The van der Waals surface area contributed by atoms with Crippen molar-refractivity contribution >= 4 is 5.97 Å². The van der Waals surface area contributed by atoms with Crippen LogP contribution in [-0.4, -0.2) is 29.4 Å². The predicted octanol–water partition coefficient (Wildman–Crippen LogP) is 0.811. The van der Waals surface area contributed by atoms with Crippen LogP contribution in [0.5, 0.6) is 0 Å². The third kappa shape index (κ3) is 3.69. The van der Waals surface area contributed by atoms with E-state index in [9.17, 15) is 4.79 Å². The van der Waals surface area contributed by atoms with Crippen LogP contribution in [0.1, 0.15) is 18.4 Å². The number of carbonyl (C=O) groups is 1. The average molecular weight is 215 g/mol. The SMILES string of the molecule is COCc1cc(CO[C@H](C)C(=O)O)no1. The molecule has 84 valence electrons. The van der Waals surface area contributed by atoms with Crippen LogP contribution in [-0.2, 0) is 27.5 Å². The van der Waals surface area contributed by atoms with Crippen LogP contribution in [0, 0.1) is 0 Å². The molecule has 0 aliphatic carbocycles. The van der Waals surface area contributed by atoms with Gasteiger partial charge in [0.05, 0.1) is 6.61 Å². The van der Waals surface area contributed by atoms with Crippen molar-refractivity contribution in [1.82, 2.24) is 5.16 Å². The van der Waals surface area contributed by atoms with Gasteiger partial charge in [-0.15, -0.1) is 0 Å². The van der Waals surface area contributed by atoms with Gasteiger partial charge in [-0.05, 0) is 6.92 Å². The minimum Gasteiger partial charge on any atom is -0.479 e. The highest BCUT2D eigenvalue weighted by atomic mass is 16.5. The van der Waals surface area contributed by atoms with E-state index in [1.54, 1.807) is 13.2 Å². The van der Waals surface area contributed by atoms with Crippen molar-refractivity contribution < 1.29 is 23.9 Å². The summed E-state index contributed by atoms with van der Waals surface area (Å²) in [5, 5.41) is 12.3. The number of carboxylic acid groups (broad SMARTS) is 1. The van der Waals surface area contributed by atoms with E-state index in [1.165, 1.54) is 6.92 Å². The van der Waals surface area contributed by atoms with Crippen molar-refractivity contribution in [3.05, 3.63) is 17.5 Å². The maximum atomic E-state index is 10.4. The lowest BCUT2D eigenvalue weighted by Crippen LogP contribution is -2.19. The summed E-state index contributed by atoms with van der Waals surface area (Å²) in [6.07, 6.45) is -0.854. The molecule has 1 heterocycles. The summed E-state index contributed by atoms with van der Waals surface area (Å²) in [6, 6.07) is 1.66. The van der Waals surface area contributed by atoms with Gasteiger partial charge in [-0.1, -0.05) is 5.16 Å². The van der Waals surface area contributed by atoms with Crippen LogP contribution in [0.3, 0.4) is 0 Å². The Labute approximate surface area is 86.8 Å². The molecule has 1 aromatic rings. The van der Waals surface area contributed by atoms with E-state index in [0.717, 1.165) is 0 Å². The summed E-state index contributed by atoms with van der Waals surface area (Å²) < 4.78 is 14.7. The molecule has 0 saturated heterocycles. The number of rotatable bonds is 6. The Balaban J connectivity index is 2.40. The third-order valence-corrected chi connectivity index (χ3v) is 1.72. The third-order valence-electron chi connectivity index (χ3n) is 1.72. The minimum absolute atomic E-state index is 0.112. The topological polar surface area (TPSA) is 81.8 Å². The zero-order valence-corrected chi connectivity index (χ0v) is 8.60. The van der Waals surface area contributed by atoms with Crippen molar-refractivity contribution in [2.45, 2.75) is 26.2 Å². The van der Waals surface area contributed by atoms with E-state index in [2.05, 4.69) is 5.16 Å². The highest BCUT2D eigenvalue weighted by Gasteiger charge is 2.12. The van der Waals surface area contributed by atoms with Crippen LogP contribution < -0.4 is 0 Å². The van der Waals surface area contributed by atoms with Crippen molar-refractivity contribution in [2.75, 3.05) is 7.11 Å². The molecule has 1 rings (SSSR count). The molecule has 0 aliphatic rings. The standard InChI is InChI=1S/C9H13NO5/c1-6(9(11)12)14-4-7-3-8(5-13-2)15-10-7/h3,6H,4-5H2,1-2H3,(H,11,12)/t6-/m1/s1. The average Bonchev–Trinajstić information content (AvgIpc) is 2.62. The van der Waals surface area contributed by atoms with Gasteiger partial charge in [0.1, 0.15) is 12.3 Å². The van der Waals surface area contributed by atoms with E-state index in [4.69, 9.17) is 19.1 Å². The summed E-state index contributed by atoms with van der Waals surface area (Å²) in [6.45, 7) is 1.90. The molecular weight excluding hydrogens is 202 g/mol. The van der Waals surface area contributed by atoms with Gasteiger partial charge in [0.15, 0.2) is 11.9 Å². The Kier molecular flexibility index (Phi) is 4.26. The molecule has 0 radical (unpaired) electrons. The van der Waals surface area contributed by atoms with Gasteiger partial charge in [0.2, 0.25) is 0 Å². The highest BCUT2D eigenvalue weighted by molar-refractivity contribution is 5.71. The lowest BCUT2D eigenvalue weighted by molar-refractivity contribution is -0.149. The largest absolute Gasteiger partial charge is 0.479 e. The second-order valence-electron chi connectivity index (χ2n) is 3.01.